The van der Waals surface area contributed by atoms with Crippen molar-refractivity contribution in [2.75, 3.05) is 26.4 Å². The molecule has 4 unspecified atom stereocenters. The molecule has 0 radical (unpaired) electrons. The van der Waals surface area contributed by atoms with Crippen LogP contribution in [0.2, 0.25) is 0 Å². The van der Waals surface area contributed by atoms with E-state index in [1.54, 1.807) is 0 Å². The number of unbranched alkanes of at least 4 members (excludes halogenated alkanes) is 10. The molecule has 0 heterocycles. The topological polar surface area (TPSA) is 162 Å². The molecule has 0 aromatic rings. The smallest absolute Gasteiger partial charge is 0.0562 e. The molecule has 0 amide bonds. The number of aliphatic hydroxyl groups is 8. The van der Waals surface area contributed by atoms with Crippen LogP contribution in [0.25, 0.3) is 0 Å². The number of hydrogen-bond acceptors (Lipinski definition) is 8. The molecule has 8 nitrogen and oxygen atoms in total. The van der Waals surface area contributed by atoms with Gasteiger partial charge in [0.25, 0.3) is 0 Å². The second-order valence-corrected chi connectivity index (χ2v) is 12.1. The summed E-state index contributed by atoms with van der Waals surface area (Å²) < 4.78 is 0. The van der Waals surface area contributed by atoms with Crippen LogP contribution in [0.5, 0.6) is 0 Å². The third-order valence-corrected chi connectivity index (χ3v) is 7.38. The van der Waals surface area contributed by atoms with Gasteiger partial charge in [0, 0.05) is 26.4 Å². The predicted octanol–water partition coefficient (Wildman–Crippen LogP) is 6.80. The maximum absolute atomic E-state index is 9.30. The minimum absolute atomic E-state index is 0.106. The minimum Gasteiger partial charge on any atom is -0.396 e. The fourth-order valence-electron chi connectivity index (χ4n) is 4.40. The molecule has 8 heteroatoms. The molecule has 0 aliphatic carbocycles. The van der Waals surface area contributed by atoms with Crippen molar-refractivity contribution in [2.24, 2.45) is 0 Å². The van der Waals surface area contributed by atoms with Gasteiger partial charge in [-0.1, -0.05) is 118 Å². The first-order chi connectivity index (χ1) is 21.2. The van der Waals surface area contributed by atoms with Crippen LogP contribution in [0.3, 0.4) is 0 Å². The van der Waals surface area contributed by atoms with Crippen molar-refractivity contribution < 1.29 is 40.9 Å². The molecule has 8 N–H and O–H groups in total. The summed E-state index contributed by atoms with van der Waals surface area (Å²) >= 11 is 0. The molecule has 0 rings (SSSR count). The lowest BCUT2D eigenvalue weighted by Gasteiger charge is -2.07. The lowest BCUT2D eigenvalue weighted by Crippen LogP contribution is -2.08. The fraction of sp³-hybridized carbons (Fsp3) is 1.00. The average molecular weight is 641 g/mol. The second-order valence-electron chi connectivity index (χ2n) is 12.1. The van der Waals surface area contributed by atoms with Crippen LogP contribution >= 0.6 is 0 Å². The predicted molar refractivity (Wildman–Crippen MR) is 186 cm³/mol. The molecule has 44 heavy (non-hydrogen) atoms. The Labute approximate surface area is 273 Å². The molecular formula is C36H80O8. The number of rotatable bonds is 28. The second kappa shape index (κ2) is 47.1. The van der Waals surface area contributed by atoms with Crippen molar-refractivity contribution in [3.63, 3.8) is 0 Å². The van der Waals surface area contributed by atoms with E-state index in [1.165, 1.54) is 64.2 Å². The van der Waals surface area contributed by atoms with Gasteiger partial charge in [-0.05, 0) is 64.2 Å². The Hall–Kier alpha value is -0.320. The molecule has 272 valence electrons. The lowest BCUT2D eigenvalue weighted by molar-refractivity contribution is 0.122. The Morgan fingerprint density at radius 1 is 0.273 bits per heavy atom. The molecule has 0 spiro atoms. The zero-order chi connectivity index (χ0) is 34.1. The molecule has 0 aromatic heterocycles. The first-order valence-corrected chi connectivity index (χ1v) is 18.4. The van der Waals surface area contributed by atoms with E-state index in [1.807, 2.05) is 0 Å². The van der Waals surface area contributed by atoms with Crippen LogP contribution in [-0.4, -0.2) is 91.7 Å². The van der Waals surface area contributed by atoms with Crippen LogP contribution in [0.1, 0.15) is 182 Å². The van der Waals surface area contributed by atoms with Gasteiger partial charge in [-0.3, -0.25) is 0 Å². The van der Waals surface area contributed by atoms with Gasteiger partial charge in [0.1, 0.15) is 0 Å². The van der Waals surface area contributed by atoms with Crippen LogP contribution < -0.4 is 0 Å². The minimum atomic E-state index is -0.281. The van der Waals surface area contributed by atoms with E-state index >= 15 is 0 Å². The quantitative estimate of drug-likeness (QED) is 0.0433. The highest BCUT2D eigenvalue weighted by molar-refractivity contribution is 4.57. The largest absolute Gasteiger partial charge is 0.396 e. The molecule has 0 fully saturated rings. The van der Waals surface area contributed by atoms with E-state index < -0.39 is 0 Å². The van der Waals surface area contributed by atoms with E-state index in [9.17, 15) is 20.4 Å². The van der Waals surface area contributed by atoms with E-state index in [4.69, 9.17) is 20.4 Å². The Kier molecular flexibility index (Phi) is 54.1. The highest BCUT2D eigenvalue weighted by Gasteiger charge is 2.04. The Morgan fingerprint density at radius 2 is 0.500 bits per heavy atom. The molecule has 0 aliphatic rings. The molecule has 0 saturated heterocycles. The third-order valence-electron chi connectivity index (χ3n) is 7.38. The first-order valence-electron chi connectivity index (χ1n) is 18.4. The maximum Gasteiger partial charge on any atom is 0.0562 e. The molecule has 0 aromatic carbocycles. The summed E-state index contributed by atoms with van der Waals surface area (Å²) in [5, 5.41) is 70.9. The first kappa shape index (κ1) is 50.5. The fourth-order valence-corrected chi connectivity index (χ4v) is 4.40. The summed E-state index contributed by atoms with van der Waals surface area (Å²) in [6.07, 6.45) is 23.2. The summed E-state index contributed by atoms with van der Waals surface area (Å²) in [5.74, 6) is 0. The van der Waals surface area contributed by atoms with Crippen molar-refractivity contribution in [2.45, 2.75) is 206 Å². The summed E-state index contributed by atoms with van der Waals surface area (Å²) in [6.45, 7) is 9.26. The van der Waals surface area contributed by atoms with Crippen LogP contribution in [0.4, 0.5) is 0 Å². The van der Waals surface area contributed by atoms with Crippen molar-refractivity contribution in [3.8, 4) is 0 Å². The van der Waals surface area contributed by atoms with E-state index in [-0.39, 0.29) is 50.8 Å². The van der Waals surface area contributed by atoms with Gasteiger partial charge >= 0.3 is 0 Å². The van der Waals surface area contributed by atoms with Gasteiger partial charge < -0.3 is 40.9 Å². The van der Waals surface area contributed by atoms with E-state index in [0.29, 0.717) is 12.8 Å². The van der Waals surface area contributed by atoms with Crippen molar-refractivity contribution in [3.05, 3.63) is 0 Å². The summed E-state index contributed by atoms with van der Waals surface area (Å²) in [4.78, 5) is 0. The average Bonchev–Trinajstić information content (AvgIpc) is 3.01. The maximum atomic E-state index is 9.30. The van der Waals surface area contributed by atoms with Crippen LogP contribution in [0, 0.1) is 0 Å². The monoisotopic (exact) mass is 641 g/mol. The number of hydrogen-bond donors (Lipinski definition) is 8. The number of aliphatic hydroxyl groups excluding tert-OH is 8. The zero-order valence-corrected chi connectivity index (χ0v) is 29.7. The van der Waals surface area contributed by atoms with E-state index in [2.05, 4.69) is 27.7 Å². The van der Waals surface area contributed by atoms with Gasteiger partial charge in [0.2, 0.25) is 0 Å². The third kappa shape index (κ3) is 54.2. The van der Waals surface area contributed by atoms with Gasteiger partial charge in [-0.2, -0.15) is 0 Å². The standard InChI is InChI=1S/4C9H20O2/c2*1-2-3-4-6-9(11)7-5-8-10;2*1-2-3-4-5-6-9(11)7-8-10/h4*9-11H,2-8H2,1H3. The van der Waals surface area contributed by atoms with Crippen LogP contribution in [-0.2, 0) is 0 Å². The van der Waals surface area contributed by atoms with Gasteiger partial charge in [-0.25, -0.2) is 0 Å². The van der Waals surface area contributed by atoms with Crippen LogP contribution in [0.15, 0.2) is 0 Å². The highest BCUT2D eigenvalue weighted by atomic mass is 16.3. The van der Waals surface area contributed by atoms with Gasteiger partial charge in [0.15, 0.2) is 0 Å². The SMILES string of the molecule is CCCCCC(O)CCCO.CCCCCC(O)CCCO.CCCCCCC(O)CCO.CCCCCCC(O)CCO. The molecule has 0 bridgehead atoms. The Balaban J connectivity index is -0.000000242. The highest BCUT2D eigenvalue weighted by Crippen LogP contribution is 2.09. The van der Waals surface area contributed by atoms with Gasteiger partial charge in [0.05, 0.1) is 24.4 Å². The van der Waals surface area contributed by atoms with Crippen molar-refractivity contribution in [1.82, 2.24) is 0 Å². The lowest BCUT2D eigenvalue weighted by atomic mass is 10.1. The normalized spacial score (nSPS) is 13.4. The Bertz CT molecular complexity index is 416. The van der Waals surface area contributed by atoms with Crippen molar-refractivity contribution >= 4 is 0 Å². The van der Waals surface area contributed by atoms with Gasteiger partial charge in [-0.15, -0.1) is 0 Å². The molecular weight excluding hydrogens is 560 g/mol. The van der Waals surface area contributed by atoms with Crippen molar-refractivity contribution in [1.29, 1.82) is 0 Å². The summed E-state index contributed by atoms with van der Waals surface area (Å²) in [6, 6.07) is 0. The molecule has 0 saturated carbocycles. The molecule has 4 atom stereocenters. The van der Waals surface area contributed by atoms with E-state index in [0.717, 1.165) is 77.0 Å². The molecule has 0 aliphatic heterocycles. The zero-order valence-electron chi connectivity index (χ0n) is 29.7. The summed E-state index contributed by atoms with van der Waals surface area (Å²) in [5.41, 5.74) is 0. The summed E-state index contributed by atoms with van der Waals surface area (Å²) in [7, 11) is 0. The Morgan fingerprint density at radius 3 is 0.750 bits per heavy atom.